The number of carbonyl (C=O) groups excluding carboxylic acids is 1. The SMILES string of the molecule is Cc1ccc2nc(N3CC(C(=O)NCc4c(F)cccc4F)C3)sc2c1. The van der Waals surface area contributed by atoms with Crippen molar-refractivity contribution in [2.75, 3.05) is 18.0 Å². The van der Waals surface area contributed by atoms with Crippen molar-refractivity contribution >= 4 is 32.6 Å². The topological polar surface area (TPSA) is 45.2 Å². The van der Waals surface area contributed by atoms with Crippen molar-refractivity contribution in [3.63, 3.8) is 0 Å². The minimum Gasteiger partial charge on any atom is -0.351 e. The van der Waals surface area contributed by atoms with E-state index in [-0.39, 0.29) is 23.9 Å². The van der Waals surface area contributed by atoms with Gasteiger partial charge in [-0.15, -0.1) is 0 Å². The van der Waals surface area contributed by atoms with Crippen LogP contribution < -0.4 is 10.2 Å². The van der Waals surface area contributed by atoms with Gasteiger partial charge in [0, 0.05) is 25.2 Å². The van der Waals surface area contributed by atoms with Crippen molar-refractivity contribution in [3.8, 4) is 0 Å². The van der Waals surface area contributed by atoms with Crippen LogP contribution in [0.3, 0.4) is 0 Å². The van der Waals surface area contributed by atoms with E-state index >= 15 is 0 Å². The summed E-state index contributed by atoms with van der Waals surface area (Å²) in [6, 6.07) is 9.80. The van der Waals surface area contributed by atoms with Gasteiger partial charge in [-0.3, -0.25) is 4.79 Å². The van der Waals surface area contributed by atoms with Gasteiger partial charge in [0.2, 0.25) is 5.91 Å². The van der Waals surface area contributed by atoms with Gasteiger partial charge in [-0.1, -0.05) is 23.5 Å². The molecule has 1 saturated heterocycles. The highest BCUT2D eigenvalue weighted by atomic mass is 32.1. The first-order valence-electron chi connectivity index (χ1n) is 8.34. The number of rotatable bonds is 4. The molecular formula is C19H17F2N3OS. The lowest BCUT2D eigenvalue weighted by atomic mass is 10.00. The molecule has 0 saturated carbocycles. The molecule has 1 aliphatic rings. The molecule has 1 aliphatic heterocycles. The van der Waals surface area contributed by atoms with Crippen LogP contribution in [0.2, 0.25) is 0 Å². The van der Waals surface area contributed by atoms with Gasteiger partial charge in [-0.05, 0) is 36.8 Å². The van der Waals surface area contributed by atoms with E-state index in [0.717, 1.165) is 15.3 Å². The number of halogens is 2. The minimum absolute atomic E-state index is 0.112. The van der Waals surface area contributed by atoms with Crippen molar-refractivity contribution in [1.82, 2.24) is 10.3 Å². The Balaban J connectivity index is 1.35. The summed E-state index contributed by atoms with van der Waals surface area (Å²) < 4.78 is 28.3. The van der Waals surface area contributed by atoms with Crippen LogP contribution in [-0.4, -0.2) is 24.0 Å². The molecule has 4 rings (SSSR count). The summed E-state index contributed by atoms with van der Waals surface area (Å²) in [5, 5.41) is 3.52. The summed E-state index contributed by atoms with van der Waals surface area (Å²) in [5.41, 5.74) is 2.03. The van der Waals surface area contributed by atoms with Crippen molar-refractivity contribution in [2.24, 2.45) is 5.92 Å². The highest BCUT2D eigenvalue weighted by molar-refractivity contribution is 7.22. The van der Waals surface area contributed by atoms with Gasteiger partial charge in [-0.2, -0.15) is 0 Å². The number of aromatic nitrogens is 1. The van der Waals surface area contributed by atoms with Crippen molar-refractivity contribution in [2.45, 2.75) is 13.5 Å². The second-order valence-corrected chi connectivity index (χ2v) is 7.50. The number of nitrogens with one attached hydrogen (secondary N) is 1. The Bertz CT molecular complexity index is 962. The van der Waals surface area contributed by atoms with Crippen LogP contribution in [0, 0.1) is 24.5 Å². The number of fused-ring (bicyclic) bond motifs is 1. The summed E-state index contributed by atoms with van der Waals surface area (Å²) in [5.74, 6) is -1.69. The molecule has 0 radical (unpaired) electrons. The van der Waals surface area contributed by atoms with E-state index in [1.165, 1.54) is 23.8 Å². The Labute approximate surface area is 153 Å². The molecule has 0 atom stereocenters. The van der Waals surface area contributed by atoms with Crippen molar-refractivity contribution in [1.29, 1.82) is 0 Å². The zero-order valence-electron chi connectivity index (χ0n) is 14.1. The average molecular weight is 373 g/mol. The van der Waals surface area contributed by atoms with Crippen LogP contribution in [-0.2, 0) is 11.3 Å². The van der Waals surface area contributed by atoms with Crippen LogP contribution in [0.15, 0.2) is 36.4 Å². The number of amides is 1. The summed E-state index contributed by atoms with van der Waals surface area (Å²) in [4.78, 5) is 18.9. The summed E-state index contributed by atoms with van der Waals surface area (Å²) in [7, 11) is 0. The van der Waals surface area contributed by atoms with E-state index < -0.39 is 11.6 Å². The van der Waals surface area contributed by atoms with Crippen LogP contribution in [0.25, 0.3) is 10.2 Å². The first-order valence-corrected chi connectivity index (χ1v) is 9.15. The van der Waals surface area contributed by atoms with E-state index in [4.69, 9.17) is 0 Å². The van der Waals surface area contributed by atoms with E-state index in [1.807, 2.05) is 24.0 Å². The van der Waals surface area contributed by atoms with E-state index in [2.05, 4.69) is 16.4 Å². The predicted octanol–water partition coefficient (Wildman–Crippen LogP) is 3.64. The molecule has 0 aliphatic carbocycles. The molecule has 0 unspecified atom stereocenters. The minimum atomic E-state index is -0.648. The van der Waals surface area contributed by atoms with Gasteiger partial charge in [0.15, 0.2) is 5.13 Å². The number of anilines is 1. The van der Waals surface area contributed by atoms with E-state index in [1.54, 1.807) is 11.3 Å². The van der Waals surface area contributed by atoms with Gasteiger partial charge in [0.05, 0.1) is 16.1 Å². The number of aryl methyl sites for hydroxylation is 1. The molecule has 7 heteroatoms. The monoisotopic (exact) mass is 373 g/mol. The predicted molar refractivity (Wildman–Crippen MR) is 98.3 cm³/mol. The Hall–Kier alpha value is -2.54. The van der Waals surface area contributed by atoms with Crippen LogP contribution in [0.4, 0.5) is 13.9 Å². The zero-order chi connectivity index (χ0) is 18.3. The Kier molecular flexibility index (Phi) is 4.32. The summed E-state index contributed by atoms with van der Waals surface area (Å²) >= 11 is 1.61. The molecule has 0 bridgehead atoms. The smallest absolute Gasteiger partial charge is 0.226 e. The maximum atomic E-state index is 13.6. The molecule has 1 fully saturated rings. The number of nitrogens with zero attached hydrogens (tertiary/aromatic N) is 2. The molecule has 2 heterocycles. The Morgan fingerprint density at radius 3 is 2.73 bits per heavy atom. The Morgan fingerprint density at radius 1 is 1.27 bits per heavy atom. The first-order chi connectivity index (χ1) is 12.5. The fourth-order valence-electron chi connectivity index (χ4n) is 2.98. The molecule has 1 aromatic heterocycles. The van der Waals surface area contributed by atoms with Gasteiger partial charge in [0.1, 0.15) is 11.6 Å². The largest absolute Gasteiger partial charge is 0.351 e. The number of hydrogen-bond donors (Lipinski definition) is 1. The second kappa shape index (κ2) is 6.64. The van der Waals surface area contributed by atoms with Crippen LogP contribution in [0.5, 0.6) is 0 Å². The van der Waals surface area contributed by atoms with Gasteiger partial charge in [0.25, 0.3) is 0 Å². The first kappa shape index (κ1) is 16.9. The van der Waals surface area contributed by atoms with Gasteiger partial charge < -0.3 is 10.2 Å². The molecular weight excluding hydrogens is 356 g/mol. The third kappa shape index (κ3) is 3.14. The lowest BCUT2D eigenvalue weighted by Crippen LogP contribution is -2.53. The number of benzene rings is 2. The van der Waals surface area contributed by atoms with Crippen molar-refractivity contribution in [3.05, 3.63) is 59.2 Å². The molecule has 26 heavy (non-hydrogen) atoms. The lowest BCUT2D eigenvalue weighted by molar-refractivity contribution is -0.125. The average Bonchev–Trinajstić information content (AvgIpc) is 2.95. The van der Waals surface area contributed by atoms with Gasteiger partial charge >= 0.3 is 0 Å². The Morgan fingerprint density at radius 2 is 2.00 bits per heavy atom. The highest BCUT2D eigenvalue weighted by Gasteiger charge is 2.34. The number of thiazole rings is 1. The standard InChI is InChI=1S/C19H17F2N3OS/c1-11-5-6-16-17(7-11)26-19(23-16)24-9-12(10-24)18(25)22-8-13-14(20)3-2-4-15(13)21/h2-7,12H,8-10H2,1H3,(H,22,25). The molecule has 2 aromatic carbocycles. The molecule has 134 valence electrons. The highest BCUT2D eigenvalue weighted by Crippen LogP contribution is 2.33. The maximum absolute atomic E-state index is 13.6. The summed E-state index contributed by atoms with van der Waals surface area (Å²) in [6.07, 6.45) is 0. The molecule has 1 N–H and O–H groups in total. The fraction of sp³-hybridized carbons (Fsp3) is 0.263. The van der Waals surface area contributed by atoms with Crippen LogP contribution in [0.1, 0.15) is 11.1 Å². The molecule has 1 amide bonds. The zero-order valence-corrected chi connectivity index (χ0v) is 14.9. The number of hydrogen-bond acceptors (Lipinski definition) is 4. The number of carbonyl (C=O) groups is 1. The fourth-order valence-corrected chi connectivity index (χ4v) is 4.06. The lowest BCUT2D eigenvalue weighted by Gasteiger charge is -2.37. The second-order valence-electron chi connectivity index (χ2n) is 6.49. The van der Waals surface area contributed by atoms with E-state index in [9.17, 15) is 13.6 Å². The third-order valence-corrected chi connectivity index (χ3v) is 5.64. The quantitative estimate of drug-likeness (QED) is 0.760. The molecule has 0 spiro atoms. The van der Waals surface area contributed by atoms with Crippen molar-refractivity contribution < 1.29 is 13.6 Å². The molecule has 4 nitrogen and oxygen atoms in total. The normalized spacial score (nSPS) is 14.5. The summed E-state index contributed by atoms with van der Waals surface area (Å²) in [6.45, 7) is 3.02. The molecule has 3 aromatic rings. The maximum Gasteiger partial charge on any atom is 0.226 e. The van der Waals surface area contributed by atoms with E-state index in [0.29, 0.717) is 13.1 Å². The van der Waals surface area contributed by atoms with Gasteiger partial charge in [-0.25, -0.2) is 13.8 Å². The van der Waals surface area contributed by atoms with Crippen LogP contribution >= 0.6 is 11.3 Å². The third-order valence-electron chi connectivity index (χ3n) is 4.56.